The van der Waals surface area contributed by atoms with Gasteiger partial charge in [-0.25, -0.2) is 9.78 Å². The van der Waals surface area contributed by atoms with Crippen molar-refractivity contribution in [3.8, 4) is 11.5 Å². The van der Waals surface area contributed by atoms with Crippen molar-refractivity contribution in [2.45, 2.75) is 34.6 Å². The SMILES string of the molecule is CC(=O)O.CCO.Cc1nc(-c2ccccn2)[nH]c1C.N.O=Cc1ccccn1.[2H][IH]P.[CH2+]C(=O)C(C)=O.[Y]. The van der Waals surface area contributed by atoms with Crippen LogP contribution >= 0.6 is 28.7 Å². The molecule has 3 aromatic rings. The molecular formula is C24H38IN5O6PY+. The molecule has 3 heterocycles. The molecule has 3 rings (SSSR count). The monoisotopic (exact) mass is 740 g/mol. The molecule has 0 fully saturated rings. The number of aliphatic hydroxyl groups is 1. The van der Waals surface area contributed by atoms with Crippen LogP contribution in [0.15, 0.2) is 48.8 Å². The van der Waals surface area contributed by atoms with E-state index >= 15 is 0 Å². The van der Waals surface area contributed by atoms with Crippen LogP contribution in [0.4, 0.5) is 0 Å². The van der Waals surface area contributed by atoms with Crippen LogP contribution in [-0.2, 0) is 47.1 Å². The van der Waals surface area contributed by atoms with Gasteiger partial charge in [-0.1, -0.05) is 12.1 Å². The quantitative estimate of drug-likeness (QED) is 0.101. The minimum atomic E-state index is -0.833. The second-order valence-corrected chi connectivity index (χ2v) is 6.20. The Morgan fingerprint density at radius 2 is 1.55 bits per heavy atom. The van der Waals surface area contributed by atoms with E-state index in [4.69, 9.17) is 15.6 Å². The number of hydrogen-bond acceptors (Lipinski definition) is 9. The molecule has 6 N–H and O–H groups in total. The number of nitrogens with one attached hydrogen (secondary N) is 1. The summed E-state index contributed by atoms with van der Waals surface area (Å²) in [6.07, 6.45) is 4.08. The molecule has 0 saturated heterocycles. The maximum atomic E-state index is 9.94. The van der Waals surface area contributed by atoms with Crippen molar-refractivity contribution in [3.63, 3.8) is 0 Å². The number of carbonyl (C=O) groups excluding carboxylic acids is 3. The van der Waals surface area contributed by atoms with Crippen molar-refractivity contribution < 1.29 is 62.1 Å². The molecule has 3 aromatic heterocycles. The molecule has 1 atom stereocenters. The van der Waals surface area contributed by atoms with Crippen LogP contribution in [0.2, 0.25) is 0 Å². The number of H-pyrrole nitrogens is 1. The number of aliphatic hydroxyl groups excluding tert-OH is 1. The van der Waals surface area contributed by atoms with Crippen LogP contribution < -0.4 is 6.15 Å². The number of rotatable bonds is 3. The van der Waals surface area contributed by atoms with Crippen molar-refractivity contribution in [1.29, 1.82) is 0.594 Å². The number of imidazole rings is 1. The Labute approximate surface area is 265 Å². The Morgan fingerprint density at radius 1 is 1.13 bits per heavy atom. The second kappa shape index (κ2) is 31.3. The third-order valence-electron chi connectivity index (χ3n) is 3.24. The zero-order valence-electron chi connectivity index (χ0n) is 23.2. The number of halogens is 1. The van der Waals surface area contributed by atoms with Crippen molar-refractivity contribution in [2.24, 2.45) is 0 Å². The minimum Gasteiger partial charge on any atom is -0.237 e. The first-order valence-corrected chi connectivity index (χ1v) is 14.7. The standard InChI is InChI=1S/C10H11N3.C6H5NO.C4H5O2.C2H4O2.C2H6O.H4IP.H3N.Y/c1-7-8(2)13-10(12-7)9-5-3-4-6-11-9;8-5-6-3-1-2-4-7-6;1-3(5)4(2)6;1-2(3)4;1-2-3;1-2;;/h3-6H,1-2H3,(H,12,13);1-5H;1H2,2H3;1H3,(H,3,4);3H,2H2,1H3;1-2H2;1H3;/q;;+1;;;;;/i;;;;;1D;;. The summed E-state index contributed by atoms with van der Waals surface area (Å²) in [5.74, 6) is -1.11. The smallest absolute Gasteiger partial charge is 0.237 e. The topological polar surface area (TPSA) is 198 Å². The molecule has 1 unspecified atom stereocenters. The summed E-state index contributed by atoms with van der Waals surface area (Å²) in [6, 6.07) is 11.0. The number of Topliss-reactive ketones (excluding diaryl/α,β-unsaturated/α-hetero) is 2. The van der Waals surface area contributed by atoms with Crippen molar-refractivity contribution in [1.82, 2.24) is 26.1 Å². The van der Waals surface area contributed by atoms with Gasteiger partial charge in [0.1, 0.15) is 11.4 Å². The number of aryl methyl sites for hydroxylation is 2. The molecule has 0 bridgehead atoms. The van der Waals surface area contributed by atoms with Crippen LogP contribution in [-0.4, -0.2) is 61.2 Å². The molecule has 0 spiro atoms. The molecule has 38 heavy (non-hydrogen) atoms. The number of carbonyl (C=O) groups is 4. The maximum absolute atomic E-state index is 9.94. The number of ketones is 2. The normalized spacial score (nSPS) is 8.24. The molecule has 0 amide bonds. The van der Waals surface area contributed by atoms with E-state index < -0.39 is 17.5 Å². The molecule has 1 radical (unpaired) electrons. The summed E-state index contributed by atoms with van der Waals surface area (Å²) in [5, 5.41) is 15.0. The Balaban J connectivity index is -0.000000130. The summed E-state index contributed by atoms with van der Waals surface area (Å²) in [4.78, 5) is 53.8. The number of carboxylic acids is 1. The Hall–Kier alpha value is -1.96. The third-order valence-corrected chi connectivity index (χ3v) is 3.24. The van der Waals surface area contributed by atoms with Gasteiger partial charge >= 0.3 is 40.9 Å². The van der Waals surface area contributed by atoms with Gasteiger partial charge in [-0.05, 0) is 45.0 Å². The van der Waals surface area contributed by atoms with Crippen LogP contribution in [0.25, 0.3) is 11.5 Å². The number of pyridine rings is 2. The van der Waals surface area contributed by atoms with Gasteiger partial charge in [0.2, 0.25) is 0 Å². The van der Waals surface area contributed by atoms with Gasteiger partial charge in [0, 0.05) is 64.3 Å². The van der Waals surface area contributed by atoms with E-state index in [1.807, 2.05) is 32.0 Å². The number of aldehydes is 1. The van der Waals surface area contributed by atoms with Crippen LogP contribution in [0.1, 0.15) is 42.6 Å². The number of aliphatic carboxylic acids is 1. The van der Waals surface area contributed by atoms with E-state index in [0.29, 0.717) is 5.69 Å². The van der Waals surface area contributed by atoms with Gasteiger partial charge in [0.05, 0.1) is 19.5 Å². The van der Waals surface area contributed by atoms with Gasteiger partial charge in [0.15, 0.2) is 12.1 Å². The fourth-order valence-corrected chi connectivity index (χ4v) is 1.62. The molecule has 0 aromatic carbocycles. The molecular weight excluding hydrogens is 701 g/mol. The molecule has 209 valence electrons. The van der Waals surface area contributed by atoms with Crippen molar-refractivity contribution >= 4 is 52.5 Å². The maximum Gasteiger partial charge on any atom is 0.370 e. The largest absolute Gasteiger partial charge is 0.370 e. The molecule has 0 aliphatic carbocycles. The second-order valence-electron chi connectivity index (χ2n) is 6.20. The van der Waals surface area contributed by atoms with Gasteiger partial charge in [-0.2, -0.15) is 4.79 Å². The van der Waals surface area contributed by atoms with Crippen LogP contribution in [0.5, 0.6) is 0 Å². The van der Waals surface area contributed by atoms with E-state index in [1.54, 1.807) is 37.5 Å². The van der Waals surface area contributed by atoms with Gasteiger partial charge < -0.3 is 21.3 Å². The number of hydrogen-bond donors (Lipinski definition) is 4. The first-order valence-electron chi connectivity index (χ1n) is 10.6. The summed E-state index contributed by atoms with van der Waals surface area (Å²) in [5.41, 5.74) is 3.49. The average Bonchev–Trinajstić information content (AvgIpc) is 3.20. The fraction of sp³-hybridized carbons (Fsp3) is 0.250. The summed E-state index contributed by atoms with van der Waals surface area (Å²) in [7, 11) is 0. The van der Waals surface area contributed by atoms with Crippen molar-refractivity contribution in [2.75, 3.05) is 6.61 Å². The zero-order valence-corrected chi connectivity index (χ0v) is 28.6. The van der Waals surface area contributed by atoms with E-state index in [2.05, 4.69) is 33.7 Å². The van der Waals surface area contributed by atoms with Crippen LogP contribution in [0.3, 0.4) is 0 Å². The zero-order chi connectivity index (χ0) is 29.2. The summed E-state index contributed by atoms with van der Waals surface area (Å²) < 4.78 is 6.30. The first-order chi connectivity index (χ1) is 17.4. The fourth-order valence-electron chi connectivity index (χ4n) is 1.62. The van der Waals surface area contributed by atoms with Crippen LogP contribution in [0, 0.1) is 20.8 Å². The molecule has 14 heteroatoms. The Kier molecular flexibility index (Phi) is 35.5. The van der Waals surface area contributed by atoms with Gasteiger partial charge in [-0.15, -0.1) is 0 Å². The number of nitrogens with zero attached hydrogens (tertiary/aromatic N) is 3. The summed E-state index contributed by atoms with van der Waals surface area (Å²) >= 11 is -0.363. The van der Waals surface area contributed by atoms with Gasteiger partial charge in [0.25, 0.3) is 5.97 Å². The Morgan fingerprint density at radius 3 is 1.79 bits per heavy atom. The molecule has 0 aliphatic heterocycles. The van der Waals surface area contributed by atoms with Crippen molar-refractivity contribution in [3.05, 3.63) is 72.8 Å². The molecule has 0 aliphatic rings. The predicted molar refractivity (Wildman–Crippen MR) is 160 cm³/mol. The van der Waals surface area contributed by atoms with Gasteiger partial charge in [-0.3, -0.25) is 19.6 Å². The number of aromatic amines is 1. The Bertz CT molecular complexity index is 997. The van der Waals surface area contributed by atoms with E-state index in [9.17, 15) is 14.4 Å². The van der Waals surface area contributed by atoms with E-state index in [-0.39, 0.29) is 67.3 Å². The number of aromatic nitrogens is 4. The summed E-state index contributed by atoms with van der Waals surface area (Å²) in [6.45, 7) is 13.4. The third kappa shape index (κ3) is 28.6. The molecule has 0 saturated carbocycles. The molecule has 11 nitrogen and oxygen atoms in total. The van der Waals surface area contributed by atoms with E-state index in [0.717, 1.165) is 36.1 Å². The van der Waals surface area contributed by atoms with E-state index in [1.165, 1.54) is 6.92 Å². The first kappa shape index (κ1) is 43.1. The predicted octanol–water partition coefficient (Wildman–Crippen LogP) is 3.89. The average molecular weight is 740 g/mol. The number of carboxylic acid groups (broad SMARTS) is 1. The minimum absolute atomic E-state index is 0.